The smallest absolute Gasteiger partial charge is 0.280 e. The number of primary amides is 1. The van der Waals surface area contributed by atoms with E-state index in [9.17, 15) is 24.3 Å². The number of nitrogens with two attached hydrogens (primary N) is 2. The summed E-state index contributed by atoms with van der Waals surface area (Å²) in [6, 6.07) is 18.1. The molecular formula is C38H50N6O5. The maximum Gasteiger partial charge on any atom is 0.280 e. The third-order valence-corrected chi connectivity index (χ3v) is 10.1. The van der Waals surface area contributed by atoms with Gasteiger partial charge < -0.3 is 21.9 Å². The Morgan fingerprint density at radius 1 is 1.00 bits per heavy atom. The number of aromatic nitrogens is 1. The number of hydrogen-bond donors (Lipinski definition) is 4. The maximum absolute atomic E-state index is 14.7. The van der Waals surface area contributed by atoms with Gasteiger partial charge in [-0.1, -0.05) is 87.2 Å². The molecule has 5 rings (SSSR count). The fourth-order valence-corrected chi connectivity index (χ4v) is 7.50. The minimum absolute atomic E-state index is 0.0184. The molecule has 1 saturated carbocycles. The van der Waals surface area contributed by atoms with Gasteiger partial charge in [0.25, 0.3) is 5.91 Å². The van der Waals surface area contributed by atoms with Gasteiger partial charge in [0.1, 0.15) is 11.9 Å². The van der Waals surface area contributed by atoms with Crippen LogP contribution in [0.25, 0.3) is 10.9 Å². The Balaban J connectivity index is 1.61. The summed E-state index contributed by atoms with van der Waals surface area (Å²) in [5.41, 5.74) is 13.3. The number of amides is 4. The van der Waals surface area contributed by atoms with Gasteiger partial charge in [-0.2, -0.15) is 0 Å². The fraction of sp³-hybridized carbons (Fsp3) is 0.500. The highest BCUT2D eigenvalue weighted by Gasteiger charge is 2.49. The molecule has 0 bridgehead atoms. The van der Waals surface area contributed by atoms with E-state index in [0.717, 1.165) is 54.4 Å². The molecule has 6 atom stereocenters. The van der Waals surface area contributed by atoms with Crippen LogP contribution in [0.5, 0.6) is 0 Å². The fourth-order valence-electron chi connectivity index (χ4n) is 7.50. The summed E-state index contributed by atoms with van der Waals surface area (Å²) in [5, 5.41) is 16.1. The molecule has 2 aromatic carbocycles. The van der Waals surface area contributed by atoms with Crippen LogP contribution in [0.4, 0.5) is 0 Å². The van der Waals surface area contributed by atoms with Crippen LogP contribution in [0, 0.1) is 11.8 Å². The van der Waals surface area contributed by atoms with Crippen LogP contribution >= 0.6 is 0 Å². The summed E-state index contributed by atoms with van der Waals surface area (Å²) >= 11 is 0. The molecule has 6 N–H and O–H groups in total. The second-order valence-electron chi connectivity index (χ2n) is 13.6. The SMILES string of the molecule is CCCCNC(=O)[C@@H]1C[C@@H]2CCCC[C@@H]2CN1C([C@H](O)CCc1ccccc1)N(C(=O)c1ccc2ccccc2n1)C(=O)[C@@H](N)CC(N)=O. The van der Waals surface area contributed by atoms with Crippen LogP contribution in [-0.2, 0) is 20.8 Å². The Bertz CT molecular complexity index is 1600. The van der Waals surface area contributed by atoms with Gasteiger partial charge in [-0.05, 0) is 61.6 Å². The number of aliphatic hydroxyl groups is 1. The summed E-state index contributed by atoms with van der Waals surface area (Å²) in [4.78, 5) is 62.5. The number of fused-ring (bicyclic) bond motifs is 2. The predicted molar refractivity (Wildman–Crippen MR) is 188 cm³/mol. The van der Waals surface area contributed by atoms with Crippen molar-refractivity contribution in [1.29, 1.82) is 0 Å². The monoisotopic (exact) mass is 670 g/mol. The van der Waals surface area contributed by atoms with Crippen LogP contribution in [0.15, 0.2) is 66.7 Å². The van der Waals surface area contributed by atoms with Crippen LogP contribution in [0.2, 0.25) is 0 Å². The lowest BCUT2D eigenvalue weighted by Crippen LogP contribution is -2.68. The van der Waals surface area contributed by atoms with Crippen molar-refractivity contribution in [3.05, 3.63) is 78.0 Å². The Kier molecular flexibility index (Phi) is 12.5. The number of benzene rings is 2. The molecule has 11 heteroatoms. The molecule has 0 spiro atoms. The van der Waals surface area contributed by atoms with Crippen molar-refractivity contribution in [2.24, 2.45) is 23.3 Å². The number of rotatable bonds is 14. The Labute approximate surface area is 288 Å². The van der Waals surface area contributed by atoms with E-state index in [1.807, 2.05) is 53.4 Å². The third kappa shape index (κ3) is 8.89. The van der Waals surface area contributed by atoms with E-state index in [1.165, 1.54) is 0 Å². The number of hydrogen-bond acceptors (Lipinski definition) is 8. The van der Waals surface area contributed by atoms with Gasteiger partial charge in [-0.25, -0.2) is 4.98 Å². The van der Waals surface area contributed by atoms with E-state index in [-0.39, 0.29) is 23.9 Å². The molecule has 262 valence electrons. The molecule has 2 heterocycles. The van der Waals surface area contributed by atoms with E-state index in [2.05, 4.69) is 17.2 Å². The van der Waals surface area contributed by atoms with Crippen LogP contribution in [0.1, 0.15) is 80.8 Å². The third-order valence-electron chi connectivity index (χ3n) is 10.1. The first kappa shape index (κ1) is 36.1. The number of nitrogens with one attached hydrogen (secondary N) is 1. The zero-order valence-corrected chi connectivity index (χ0v) is 28.4. The van der Waals surface area contributed by atoms with Gasteiger partial charge in [-0.3, -0.25) is 29.0 Å². The standard InChI is InChI=1S/C38H50N6O5/c1-2-3-21-41-35(47)32-22-27-14-7-8-15-28(27)24-43(32)36(33(45)20-17-25-11-5-4-6-12-25)44(37(48)29(39)23-34(40)46)38(49)31-19-18-26-13-9-10-16-30(26)42-31/h4-6,9-13,16,18-19,27-29,32-33,36,45H,2-3,7-8,14-15,17,20-24,39H2,1H3,(H2,40,46)(H,41,47)/t27-,28+,29-,32-,33+,36?/m0/s1. The van der Waals surface area contributed by atoms with Crippen molar-refractivity contribution in [3.8, 4) is 0 Å². The van der Waals surface area contributed by atoms with E-state index in [1.54, 1.807) is 18.2 Å². The minimum Gasteiger partial charge on any atom is -0.390 e. The highest BCUT2D eigenvalue weighted by atomic mass is 16.3. The number of likely N-dealkylation sites (tertiary alicyclic amines) is 1. The topological polar surface area (TPSA) is 172 Å². The van der Waals surface area contributed by atoms with E-state index in [0.29, 0.717) is 37.4 Å². The van der Waals surface area contributed by atoms with Crippen molar-refractivity contribution in [1.82, 2.24) is 20.1 Å². The van der Waals surface area contributed by atoms with Crippen LogP contribution in [0.3, 0.4) is 0 Å². The summed E-state index contributed by atoms with van der Waals surface area (Å²) in [6.07, 6.45) is 4.00. The number of pyridine rings is 1. The maximum atomic E-state index is 14.7. The van der Waals surface area contributed by atoms with Gasteiger partial charge >= 0.3 is 0 Å². The van der Waals surface area contributed by atoms with E-state index >= 15 is 0 Å². The lowest BCUT2D eigenvalue weighted by atomic mass is 9.72. The number of unbranched alkanes of at least 4 members (excludes halogenated alkanes) is 1. The van der Waals surface area contributed by atoms with Crippen molar-refractivity contribution in [3.63, 3.8) is 0 Å². The highest BCUT2D eigenvalue weighted by Crippen LogP contribution is 2.40. The van der Waals surface area contributed by atoms with Gasteiger partial charge in [0.2, 0.25) is 17.7 Å². The molecule has 1 aliphatic carbocycles. The molecule has 11 nitrogen and oxygen atoms in total. The van der Waals surface area contributed by atoms with Crippen molar-refractivity contribution in [2.45, 2.75) is 95.5 Å². The number of carbonyl (C=O) groups excluding carboxylic acids is 4. The minimum atomic E-state index is -1.45. The quantitative estimate of drug-likeness (QED) is 0.189. The molecular weight excluding hydrogens is 620 g/mol. The van der Waals surface area contributed by atoms with Gasteiger partial charge in [-0.15, -0.1) is 0 Å². The number of imide groups is 1. The largest absolute Gasteiger partial charge is 0.390 e. The van der Waals surface area contributed by atoms with Gasteiger partial charge in [0, 0.05) is 18.5 Å². The normalized spacial score (nSPS) is 21.2. The highest BCUT2D eigenvalue weighted by molar-refractivity contribution is 6.07. The second-order valence-corrected chi connectivity index (χ2v) is 13.6. The number of aliphatic hydroxyl groups excluding tert-OH is 1. The second kappa shape index (κ2) is 17.0. The van der Waals surface area contributed by atoms with Gasteiger partial charge in [0.15, 0.2) is 0 Å². The summed E-state index contributed by atoms with van der Waals surface area (Å²) < 4.78 is 0. The molecule has 1 aromatic heterocycles. The molecule has 49 heavy (non-hydrogen) atoms. The van der Waals surface area contributed by atoms with Crippen molar-refractivity contribution in [2.75, 3.05) is 13.1 Å². The van der Waals surface area contributed by atoms with Crippen LogP contribution < -0.4 is 16.8 Å². The summed E-state index contributed by atoms with van der Waals surface area (Å²) in [5.74, 6) is -2.08. The number of carbonyl (C=O) groups is 4. The Morgan fingerprint density at radius 2 is 1.71 bits per heavy atom. The number of nitrogens with zero attached hydrogens (tertiary/aromatic N) is 3. The number of aryl methyl sites for hydroxylation is 1. The number of piperidine rings is 1. The molecule has 4 amide bonds. The van der Waals surface area contributed by atoms with Gasteiger partial charge in [0.05, 0.1) is 30.1 Å². The van der Waals surface area contributed by atoms with E-state index in [4.69, 9.17) is 11.5 Å². The molecule has 3 aromatic rings. The Morgan fingerprint density at radius 3 is 2.45 bits per heavy atom. The van der Waals surface area contributed by atoms with Crippen molar-refractivity contribution >= 4 is 34.5 Å². The molecule has 1 unspecified atom stereocenters. The molecule has 2 aliphatic rings. The van der Waals surface area contributed by atoms with Crippen molar-refractivity contribution < 1.29 is 24.3 Å². The predicted octanol–water partition coefficient (Wildman–Crippen LogP) is 3.52. The lowest BCUT2D eigenvalue weighted by molar-refractivity contribution is -0.153. The molecule has 1 saturated heterocycles. The zero-order chi connectivity index (χ0) is 34.9. The summed E-state index contributed by atoms with van der Waals surface area (Å²) in [7, 11) is 0. The molecule has 1 aliphatic heterocycles. The first-order valence-corrected chi connectivity index (χ1v) is 17.7. The van der Waals surface area contributed by atoms with E-state index < -0.39 is 48.5 Å². The Hall–Kier alpha value is -4.19. The lowest BCUT2D eigenvalue weighted by Gasteiger charge is -2.51. The number of para-hydroxylation sites is 1. The molecule has 2 fully saturated rings. The first-order chi connectivity index (χ1) is 23.7. The van der Waals surface area contributed by atoms with Crippen LogP contribution in [-0.4, -0.2) is 81.0 Å². The first-order valence-electron chi connectivity index (χ1n) is 17.7. The molecule has 0 radical (unpaired) electrons. The average Bonchev–Trinajstić information content (AvgIpc) is 3.11. The average molecular weight is 671 g/mol. The summed E-state index contributed by atoms with van der Waals surface area (Å²) in [6.45, 7) is 2.97. The zero-order valence-electron chi connectivity index (χ0n) is 28.4.